The van der Waals surface area contributed by atoms with Gasteiger partial charge in [-0.3, -0.25) is 9.59 Å². The van der Waals surface area contributed by atoms with Crippen LogP contribution < -0.4 is 16.2 Å². The summed E-state index contributed by atoms with van der Waals surface area (Å²) in [6.07, 6.45) is 1.60. The number of nitrogens with zero attached hydrogens (tertiary/aromatic N) is 1. The summed E-state index contributed by atoms with van der Waals surface area (Å²) in [5, 5.41) is 5.84. The largest absolute Gasteiger partial charge is 0.383 e. The summed E-state index contributed by atoms with van der Waals surface area (Å²) in [6.45, 7) is 2.67. The summed E-state index contributed by atoms with van der Waals surface area (Å²) in [6, 6.07) is 4.80. The van der Waals surface area contributed by atoms with Crippen LogP contribution in [0.25, 0.3) is 0 Å². The second kappa shape index (κ2) is 10.5. The Morgan fingerprint density at radius 3 is 2.79 bits per heavy atom. The Morgan fingerprint density at radius 2 is 2.11 bits per heavy atom. The second-order valence-electron chi connectivity index (χ2n) is 3.76. The van der Waals surface area contributed by atoms with Gasteiger partial charge >= 0.3 is 0 Å². The van der Waals surface area contributed by atoms with E-state index in [1.54, 1.807) is 25.4 Å². The average Bonchev–Trinajstić information content (AvgIpc) is 2.36. The number of aromatic nitrogens is 1. The van der Waals surface area contributed by atoms with E-state index in [0.717, 1.165) is 6.54 Å². The third-order valence-corrected chi connectivity index (χ3v) is 2.32. The molecule has 19 heavy (non-hydrogen) atoms. The highest BCUT2D eigenvalue weighted by molar-refractivity contribution is 5.85. The van der Waals surface area contributed by atoms with E-state index in [1.807, 2.05) is 0 Å². The van der Waals surface area contributed by atoms with E-state index >= 15 is 0 Å². The molecule has 1 rings (SSSR count). The number of ether oxygens (including phenoxy) is 1. The number of carbonyl (C=O) groups excluding carboxylic acids is 1. The molecular formula is C12H20ClN3O3. The lowest BCUT2D eigenvalue weighted by molar-refractivity contribution is -0.121. The molecule has 0 aromatic carbocycles. The molecule has 0 fully saturated rings. The number of hydrogen-bond acceptors (Lipinski definition) is 4. The molecule has 0 saturated carbocycles. The van der Waals surface area contributed by atoms with Gasteiger partial charge < -0.3 is 19.9 Å². The van der Waals surface area contributed by atoms with E-state index in [4.69, 9.17) is 4.74 Å². The Bertz CT molecular complexity index is 423. The first-order valence-electron chi connectivity index (χ1n) is 5.86. The van der Waals surface area contributed by atoms with Gasteiger partial charge in [-0.05, 0) is 6.07 Å². The molecule has 0 radical (unpaired) electrons. The van der Waals surface area contributed by atoms with Gasteiger partial charge in [-0.2, -0.15) is 0 Å². The van der Waals surface area contributed by atoms with E-state index in [-0.39, 0.29) is 30.4 Å². The highest BCUT2D eigenvalue weighted by atomic mass is 35.5. The van der Waals surface area contributed by atoms with E-state index in [0.29, 0.717) is 19.7 Å². The first-order valence-corrected chi connectivity index (χ1v) is 5.86. The molecule has 6 nitrogen and oxygen atoms in total. The number of halogens is 1. The highest BCUT2D eigenvalue weighted by Crippen LogP contribution is 1.82. The molecule has 1 aromatic heterocycles. The van der Waals surface area contributed by atoms with Gasteiger partial charge in [-0.25, -0.2) is 0 Å². The fourth-order valence-corrected chi connectivity index (χ4v) is 1.39. The van der Waals surface area contributed by atoms with Crippen molar-refractivity contribution < 1.29 is 9.53 Å². The third kappa shape index (κ3) is 7.61. The standard InChI is InChI=1S/C12H19N3O3.ClH/c1-18-9-7-13-5-6-14-11(16)10-15-8-3-2-4-12(15)17;/h2-4,8,13H,5-7,9-10H2,1H3,(H,14,16);1H. The van der Waals surface area contributed by atoms with Crippen molar-refractivity contribution in [2.75, 3.05) is 33.4 Å². The van der Waals surface area contributed by atoms with Crippen LogP contribution in [-0.4, -0.2) is 43.8 Å². The quantitative estimate of drug-likeness (QED) is 0.640. The summed E-state index contributed by atoms with van der Waals surface area (Å²) in [5.74, 6) is -0.170. The third-order valence-electron chi connectivity index (χ3n) is 2.32. The number of rotatable bonds is 8. The first-order chi connectivity index (χ1) is 8.74. The number of methoxy groups -OCH3 is 1. The summed E-state index contributed by atoms with van der Waals surface area (Å²) in [4.78, 5) is 22.9. The molecule has 0 bridgehead atoms. The van der Waals surface area contributed by atoms with E-state index < -0.39 is 0 Å². The van der Waals surface area contributed by atoms with Crippen molar-refractivity contribution in [1.29, 1.82) is 0 Å². The van der Waals surface area contributed by atoms with Crippen molar-refractivity contribution >= 4 is 18.3 Å². The van der Waals surface area contributed by atoms with Gasteiger partial charge in [0, 0.05) is 39.0 Å². The van der Waals surface area contributed by atoms with Crippen molar-refractivity contribution in [1.82, 2.24) is 15.2 Å². The maximum Gasteiger partial charge on any atom is 0.250 e. The lowest BCUT2D eigenvalue weighted by Crippen LogP contribution is -2.36. The second-order valence-corrected chi connectivity index (χ2v) is 3.76. The van der Waals surface area contributed by atoms with Crippen LogP contribution in [0.15, 0.2) is 29.2 Å². The SMILES string of the molecule is COCCNCCNC(=O)Cn1ccccc1=O.Cl. The Labute approximate surface area is 118 Å². The Kier molecular flexibility index (Phi) is 9.78. The van der Waals surface area contributed by atoms with Crippen LogP contribution in [0.5, 0.6) is 0 Å². The molecule has 1 heterocycles. The fourth-order valence-electron chi connectivity index (χ4n) is 1.39. The summed E-state index contributed by atoms with van der Waals surface area (Å²) in [5.41, 5.74) is -0.175. The summed E-state index contributed by atoms with van der Waals surface area (Å²) >= 11 is 0. The Morgan fingerprint density at radius 1 is 1.32 bits per heavy atom. The lowest BCUT2D eigenvalue weighted by Gasteiger charge is -2.07. The fraction of sp³-hybridized carbons (Fsp3) is 0.500. The van der Waals surface area contributed by atoms with E-state index in [9.17, 15) is 9.59 Å². The van der Waals surface area contributed by atoms with Crippen molar-refractivity contribution in [3.63, 3.8) is 0 Å². The number of amides is 1. The van der Waals surface area contributed by atoms with Gasteiger partial charge in [0.05, 0.1) is 6.61 Å². The molecular weight excluding hydrogens is 270 g/mol. The number of pyridine rings is 1. The normalized spacial score (nSPS) is 9.74. The van der Waals surface area contributed by atoms with Gasteiger partial charge in [-0.15, -0.1) is 12.4 Å². The predicted molar refractivity (Wildman–Crippen MR) is 75.7 cm³/mol. The van der Waals surface area contributed by atoms with Crippen LogP contribution in [0.4, 0.5) is 0 Å². The van der Waals surface area contributed by atoms with Gasteiger partial charge in [0.1, 0.15) is 6.54 Å². The van der Waals surface area contributed by atoms with Gasteiger partial charge in [0.2, 0.25) is 5.91 Å². The zero-order chi connectivity index (χ0) is 13.2. The smallest absolute Gasteiger partial charge is 0.250 e. The Hall–Kier alpha value is -1.37. The molecule has 2 N–H and O–H groups in total. The van der Waals surface area contributed by atoms with Crippen molar-refractivity contribution in [2.45, 2.75) is 6.54 Å². The molecule has 0 aliphatic carbocycles. The summed E-state index contributed by atoms with van der Waals surface area (Å²) in [7, 11) is 1.64. The maximum absolute atomic E-state index is 11.5. The first kappa shape index (κ1) is 17.6. The molecule has 0 saturated heterocycles. The van der Waals surface area contributed by atoms with Crippen molar-refractivity contribution in [3.05, 3.63) is 34.7 Å². The molecule has 0 spiro atoms. The number of carbonyl (C=O) groups is 1. The van der Waals surface area contributed by atoms with E-state index in [1.165, 1.54) is 10.6 Å². The average molecular weight is 290 g/mol. The lowest BCUT2D eigenvalue weighted by atomic mass is 10.4. The van der Waals surface area contributed by atoms with Crippen LogP contribution in [0.2, 0.25) is 0 Å². The molecule has 1 amide bonds. The van der Waals surface area contributed by atoms with Crippen LogP contribution in [0.1, 0.15) is 0 Å². The topological polar surface area (TPSA) is 72.4 Å². The monoisotopic (exact) mass is 289 g/mol. The number of nitrogens with one attached hydrogen (secondary N) is 2. The zero-order valence-electron chi connectivity index (χ0n) is 10.9. The minimum atomic E-state index is -0.175. The van der Waals surface area contributed by atoms with Crippen LogP contribution in [-0.2, 0) is 16.1 Å². The van der Waals surface area contributed by atoms with Crippen LogP contribution >= 0.6 is 12.4 Å². The highest BCUT2D eigenvalue weighted by Gasteiger charge is 2.02. The molecule has 7 heteroatoms. The molecule has 0 aliphatic rings. The predicted octanol–water partition coefficient (Wildman–Crippen LogP) is -0.378. The summed E-state index contributed by atoms with van der Waals surface area (Å²) < 4.78 is 6.24. The van der Waals surface area contributed by atoms with Gasteiger partial charge in [-0.1, -0.05) is 6.07 Å². The van der Waals surface area contributed by atoms with Crippen molar-refractivity contribution in [3.8, 4) is 0 Å². The minimum absolute atomic E-state index is 0. The van der Waals surface area contributed by atoms with Crippen LogP contribution in [0, 0.1) is 0 Å². The van der Waals surface area contributed by atoms with E-state index in [2.05, 4.69) is 10.6 Å². The molecule has 0 atom stereocenters. The van der Waals surface area contributed by atoms with Gasteiger partial charge in [0.15, 0.2) is 0 Å². The molecule has 0 aliphatic heterocycles. The minimum Gasteiger partial charge on any atom is -0.383 e. The maximum atomic E-state index is 11.5. The Balaban J connectivity index is 0.00000324. The number of hydrogen-bond donors (Lipinski definition) is 2. The zero-order valence-corrected chi connectivity index (χ0v) is 11.7. The molecule has 1 aromatic rings. The van der Waals surface area contributed by atoms with Crippen molar-refractivity contribution in [2.24, 2.45) is 0 Å². The van der Waals surface area contributed by atoms with Gasteiger partial charge in [0.25, 0.3) is 5.56 Å². The van der Waals surface area contributed by atoms with Crippen LogP contribution in [0.3, 0.4) is 0 Å². The molecule has 108 valence electrons. The molecule has 0 unspecified atom stereocenters.